The van der Waals surface area contributed by atoms with Crippen LogP contribution in [0.25, 0.3) is 0 Å². The van der Waals surface area contributed by atoms with Crippen molar-refractivity contribution in [1.29, 1.82) is 0 Å². The first-order valence-corrected chi connectivity index (χ1v) is 5.29. The van der Waals surface area contributed by atoms with Gasteiger partial charge in [-0.1, -0.05) is 6.92 Å². The SMILES string of the molecule is CCNC(C)CN1CCOC(C)C1. The van der Waals surface area contributed by atoms with E-state index in [1.54, 1.807) is 0 Å². The largest absolute Gasteiger partial charge is 0.376 e. The monoisotopic (exact) mass is 186 g/mol. The van der Waals surface area contributed by atoms with E-state index in [9.17, 15) is 0 Å². The molecule has 0 aromatic carbocycles. The Labute approximate surface area is 81.4 Å². The zero-order valence-corrected chi connectivity index (χ0v) is 9.05. The predicted molar refractivity (Wildman–Crippen MR) is 55.0 cm³/mol. The third-order valence-electron chi connectivity index (χ3n) is 2.41. The van der Waals surface area contributed by atoms with Gasteiger partial charge in [0.1, 0.15) is 0 Å². The summed E-state index contributed by atoms with van der Waals surface area (Å²) < 4.78 is 5.49. The number of nitrogens with zero attached hydrogens (tertiary/aromatic N) is 1. The Morgan fingerprint density at radius 3 is 3.00 bits per heavy atom. The van der Waals surface area contributed by atoms with Crippen LogP contribution in [0.5, 0.6) is 0 Å². The molecular weight excluding hydrogens is 164 g/mol. The molecule has 0 aromatic heterocycles. The van der Waals surface area contributed by atoms with Crippen LogP contribution in [-0.2, 0) is 4.74 Å². The van der Waals surface area contributed by atoms with E-state index in [0.717, 1.165) is 32.8 Å². The Balaban J connectivity index is 2.19. The summed E-state index contributed by atoms with van der Waals surface area (Å²) in [6.45, 7) is 11.8. The van der Waals surface area contributed by atoms with Gasteiger partial charge in [-0.05, 0) is 20.4 Å². The Morgan fingerprint density at radius 1 is 1.62 bits per heavy atom. The Kier molecular flexibility index (Phi) is 4.70. The van der Waals surface area contributed by atoms with Crippen molar-refractivity contribution in [3.63, 3.8) is 0 Å². The van der Waals surface area contributed by atoms with Gasteiger partial charge in [0.25, 0.3) is 0 Å². The standard InChI is InChI=1S/C10H22N2O/c1-4-11-9(2)7-12-5-6-13-10(3)8-12/h9-11H,4-8H2,1-3H3. The topological polar surface area (TPSA) is 24.5 Å². The van der Waals surface area contributed by atoms with Gasteiger partial charge < -0.3 is 10.1 Å². The van der Waals surface area contributed by atoms with Crippen LogP contribution in [0, 0.1) is 0 Å². The summed E-state index contributed by atoms with van der Waals surface area (Å²) in [6.07, 6.45) is 0.405. The van der Waals surface area contributed by atoms with Crippen molar-refractivity contribution < 1.29 is 4.74 Å². The summed E-state index contributed by atoms with van der Waals surface area (Å²) >= 11 is 0. The maximum atomic E-state index is 5.49. The van der Waals surface area contributed by atoms with E-state index in [2.05, 4.69) is 31.0 Å². The smallest absolute Gasteiger partial charge is 0.0674 e. The molecule has 1 saturated heterocycles. The number of likely N-dealkylation sites (N-methyl/N-ethyl adjacent to an activating group) is 1. The Bertz CT molecular complexity index is 141. The number of hydrogen-bond acceptors (Lipinski definition) is 3. The van der Waals surface area contributed by atoms with Crippen molar-refractivity contribution in [2.45, 2.75) is 32.9 Å². The number of ether oxygens (including phenoxy) is 1. The summed E-state index contributed by atoms with van der Waals surface area (Å²) in [6, 6.07) is 0.593. The van der Waals surface area contributed by atoms with E-state index >= 15 is 0 Å². The van der Waals surface area contributed by atoms with Crippen LogP contribution in [0.2, 0.25) is 0 Å². The number of nitrogens with one attached hydrogen (secondary N) is 1. The molecule has 0 amide bonds. The van der Waals surface area contributed by atoms with Crippen LogP contribution in [0.1, 0.15) is 20.8 Å². The molecule has 2 atom stereocenters. The van der Waals surface area contributed by atoms with Crippen LogP contribution >= 0.6 is 0 Å². The fraction of sp³-hybridized carbons (Fsp3) is 1.00. The molecule has 1 N–H and O–H groups in total. The first-order valence-electron chi connectivity index (χ1n) is 5.29. The summed E-state index contributed by atoms with van der Waals surface area (Å²) in [7, 11) is 0. The van der Waals surface area contributed by atoms with Crippen LogP contribution in [0.3, 0.4) is 0 Å². The van der Waals surface area contributed by atoms with Crippen molar-refractivity contribution in [2.75, 3.05) is 32.8 Å². The highest BCUT2D eigenvalue weighted by Crippen LogP contribution is 2.04. The molecule has 1 rings (SSSR count). The fourth-order valence-corrected chi connectivity index (χ4v) is 1.86. The summed E-state index contributed by atoms with van der Waals surface area (Å²) in [4.78, 5) is 2.47. The van der Waals surface area contributed by atoms with Crippen LogP contribution < -0.4 is 5.32 Å². The molecule has 3 heteroatoms. The van der Waals surface area contributed by atoms with Gasteiger partial charge in [0.05, 0.1) is 12.7 Å². The second-order valence-electron chi connectivity index (χ2n) is 3.90. The molecule has 2 unspecified atom stereocenters. The maximum absolute atomic E-state index is 5.49. The Hall–Kier alpha value is -0.120. The molecule has 0 aliphatic carbocycles. The molecule has 1 aliphatic heterocycles. The highest BCUT2D eigenvalue weighted by atomic mass is 16.5. The molecule has 1 heterocycles. The van der Waals surface area contributed by atoms with Gasteiger partial charge in [0.2, 0.25) is 0 Å². The Morgan fingerprint density at radius 2 is 2.38 bits per heavy atom. The van der Waals surface area contributed by atoms with Crippen molar-refractivity contribution in [3.05, 3.63) is 0 Å². The van der Waals surface area contributed by atoms with Gasteiger partial charge in [0, 0.05) is 25.7 Å². The summed E-state index contributed by atoms with van der Waals surface area (Å²) in [5.74, 6) is 0. The fourth-order valence-electron chi connectivity index (χ4n) is 1.86. The highest BCUT2D eigenvalue weighted by Gasteiger charge is 2.17. The van der Waals surface area contributed by atoms with Gasteiger partial charge in [-0.2, -0.15) is 0 Å². The molecule has 3 nitrogen and oxygen atoms in total. The van der Waals surface area contributed by atoms with Crippen LogP contribution in [0.15, 0.2) is 0 Å². The van der Waals surface area contributed by atoms with Gasteiger partial charge in [0.15, 0.2) is 0 Å². The normalized spacial score (nSPS) is 27.5. The maximum Gasteiger partial charge on any atom is 0.0674 e. The van der Waals surface area contributed by atoms with Crippen LogP contribution in [-0.4, -0.2) is 49.8 Å². The molecule has 0 bridgehead atoms. The predicted octanol–water partition coefficient (Wildman–Crippen LogP) is 0.705. The van der Waals surface area contributed by atoms with E-state index in [1.165, 1.54) is 0 Å². The summed E-state index contributed by atoms with van der Waals surface area (Å²) in [5, 5.41) is 3.43. The lowest BCUT2D eigenvalue weighted by molar-refractivity contribution is -0.0203. The second kappa shape index (κ2) is 5.58. The number of hydrogen-bond donors (Lipinski definition) is 1. The molecule has 0 radical (unpaired) electrons. The van der Waals surface area contributed by atoms with E-state index < -0.39 is 0 Å². The quantitative estimate of drug-likeness (QED) is 0.699. The van der Waals surface area contributed by atoms with E-state index in [0.29, 0.717) is 12.1 Å². The van der Waals surface area contributed by atoms with Crippen molar-refractivity contribution >= 4 is 0 Å². The van der Waals surface area contributed by atoms with Crippen molar-refractivity contribution in [1.82, 2.24) is 10.2 Å². The first kappa shape index (κ1) is 11.0. The van der Waals surface area contributed by atoms with Crippen molar-refractivity contribution in [2.24, 2.45) is 0 Å². The minimum atomic E-state index is 0.405. The third kappa shape index (κ3) is 4.07. The third-order valence-corrected chi connectivity index (χ3v) is 2.41. The molecule has 78 valence electrons. The van der Waals surface area contributed by atoms with E-state index in [4.69, 9.17) is 4.74 Å². The van der Waals surface area contributed by atoms with E-state index in [1.807, 2.05) is 0 Å². The second-order valence-corrected chi connectivity index (χ2v) is 3.90. The molecule has 13 heavy (non-hydrogen) atoms. The molecule has 1 aliphatic rings. The molecule has 0 spiro atoms. The van der Waals surface area contributed by atoms with E-state index in [-0.39, 0.29) is 0 Å². The zero-order chi connectivity index (χ0) is 9.68. The van der Waals surface area contributed by atoms with Crippen molar-refractivity contribution in [3.8, 4) is 0 Å². The number of morpholine rings is 1. The van der Waals surface area contributed by atoms with Crippen LogP contribution in [0.4, 0.5) is 0 Å². The van der Waals surface area contributed by atoms with Gasteiger partial charge in [-0.25, -0.2) is 0 Å². The lowest BCUT2D eigenvalue weighted by Crippen LogP contribution is -2.46. The summed E-state index contributed by atoms with van der Waals surface area (Å²) in [5.41, 5.74) is 0. The average molecular weight is 186 g/mol. The lowest BCUT2D eigenvalue weighted by atomic mass is 10.2. The minimum absolute atomic E-state index is 0.405. The number of rotatable bonds is 4. The molecular formula is C10H22N2O. The highest BCUT2D eigenvalue weighted by molar-refractivity contribution is 4.72. The average Bonchev–Trinajstić information content (AvgIpc) is 2.04. The van der Waals surface area contributed by atoms with Gasteiger partial charge in [-0.3, -0.25) is 4.90 Å². The lowest BCUT2D eigenvalue weighted by Gasteiger charge is -2.32. The van der Waals surface area contributed by atoms with Gasteiger partial charge in [-0.15, -0.1) is 0 Å². The minimum Gasteiger partial charge on any atom is -0.376 e. The van der Waals surface area contributed by atoms with Gasteiger partial charge >= 0.3 is 0 Å². The first-order chi connectivity index (χ1) is 6.22. The molecule has 0 saturated carbocycles. The molecule has 1 fully saturated rings. The zero-order valence-electron chi connectivity index (χ0n) is 9.05. The molecule has 0 aromatic rings.